The fraction of sp³-hybridized carbons (Fsp3) is 0.533. The average molecular weight is 310 g/mol. The van der Waals surface area contributed by atoms with Gasteiger partial charge < -0.3 is 5.32 Å². The number of unbranched alkanes of at least 4 members (excludes halogenated alkanes) is 2. The first kappa shape index (κ1) is 16.0. The summed E-state index contributed by atoms with van der Waals surface area (Å²) >= 11 is 0. The van der Waals surface area contributed by atoms with Gasteiger partial charge in [-0.05, 0) is 37.5 Å². The molecule has 2 N–H and O–H groups in total. The molecule has 5 nitrogen and oxygen atoms in total. The first-order valence-corrected chi connectivity index (χ1v) is 8.92. The van der Waals surface area contributed by atoms with Crippen molar-refractivity contribution in [2.45, 2.75) is 50.0 Å². The largest absolute Gasteiger partial charge is 0.352 e. The van der Waals surface area contributed by atoms with Crippen LogP contribution in [-0.4, -0.2) is 26.9 Å². The lowest BCUT2D eigenvalue weighted by molar-refractivity contribution is 0.0952. The van der Waals surface area contributed by atoms with Gasteiger partial charge in [0, 0.05) is 18.2 Å². The normalized spacial score (nSPS) is 14.9. The van der Waals surface area contributed by atoms with Crippen molar-refractivity contribution >= 4 is 15.9 Å². The van der Waals surface area contributed by atoms with Crippen LogP contribution >= 0.6 is 0 Å². The third kappa shape index (κ3) is 4.82. The van der Waals surface area contributed by atoms with Crippen LogP contribution in [0.1, 0.15) is 49.4 Å². The first-order chi connectivity index (χ1) is 10.0. The van der Waals surface area contributed by atoms with E-state index in [0.717, 1.165) is 32.1 Å². The van der Waals surface area contributed by atoms with Crippen LogP contribution in [-0.2, 0) is 10.0 Å². The lowest BCUT2D eigenvalue weighted by Gasteiger charge is -2.08. The maximum Gasteiger partial charge on any atom is 0.251 e. The summed E-state index contributed by atoms with van der Waals surface area (Å²) in [5.74, 6) is -0.227. The first-order valence-electron chi connectivity index (χ1n) is 7.43. The predicted octanol–water partition coefficient (Wildman–Crippen LogP) is 2.05. The second-order valence-corrected chi connectivity index (χ2v) is 7.10. The average Bonchev–Trinajstić information content (AvgIpc) is 3.27. The summed E-state index contributed by atoms with van der Waals surface area (Å²) in [5, 5.41) is 2.81. The lowest BCUT2D eigenvalue weighted by Crippen LogP contribution is -2.27. The second-order valence-electron chi connectivity index (χ2n) is 5.39. The Labute approximate surface area is 126 Å². The van der Waals surface area contributed by atoms with Crippen molar-refractivity contribution in [3.05, 3.63) is 29.8 Å². The molecule has 21 heavy (non-hydrogen) atoms. The summed E-state index contributed by atoms with van der Waals surface area (Å²) in [6.45, 7) is 2.72. The maximum absolute atomic E-state index is 12.1. The van der Waals surface area contributed by atoms with E-state index >= 15 is 0 Å². The van der Waals surface area contributed by atoms with Crippen molar-refractivity contribution < 1.29 is 13.2 Å². The highest BCUT2D eigenvalue weighted by atomic mass is 32.2. The van der Waals surface area contributed by atoms with Crippen LogP contribution in [0.15, 0.2) is 29.2 Å². The van der Waals surface area contributed by atoms with E-state index in [2.05, 4.69) is 17.0 Å². The van der Waals surface area contributed by atoms with E-state index in [0.29, 0.717) is 12.1 Å². The molecule has 0 aliphatic heterocycles. The van der Waals surface area contributed by atoms with Gasteiger partial charge in [0.05, 0.1) is 4.90 Å². The number of carbonyl (C=O) groups excluding carboxylic acids is 1. The highest BCUT2D eigenvalue weighted by Crippen LogP contribution is 2.22. The minimum absolute atomic E-state index is 0.0570. The molecule has 2 rings (SSSR count). The Morgan fingerprint density at radius 2 is 2.05 bits per heavy atom. The SMILES string of the molecule is CCCCCNC(=O)c1cccc(S(=O)(=O)NC2CC2)c1. The predicted molar refractivity (Wildman–Crippen MR) is 81.6 cm³/mol. The number of sulfonamides is 1. The van der Waals surface area contributed by atoms with Crippen molar-refractivity contribution in [2.75, 3.05) is 6.54 Å². The summed E-state index contributed by atoms with van der Waals surface area (Å²) in [4.78, 5) is 12.1. The Bertz CT molecular complexity index is 595. The minimum atomic E-state index is -3.51. The van der Waals surface area contributed by atoms with Gasteiger partial charge in [0.25, 0.3) is 5.91 Å². The van der Waals surface area contributed by atoms with Gasteiger partial charge >= 0.3 is 0 Å². The van der Waals surface area contributed by atoms with Crippen molar-refractivity contribution in [3.8, 4) is 0 Å². The van der Waals surface area contributed by atoms with Crippen LogP contribution in [0.5, 0.6) is 0 Å². The quantitative estimate of drug-likeness (QED) is 0.722. The maximum atomic E-state index is 12.1. The van der Waals surface area contributed by atoms with Crippen molar-refractivity contribution in [3.63, 3.8) is 0 Å². The van der Waals surface area contributed by atoms with Gasteiger partial charge in [-0.3, -0.25) is 4.79 Å². The van der Waals surface area contributed by atoms with Crippen LogP contribution in [0.25, 0.3) is 0 Å². The third-order valence-electron chi connectivity index (χ3n) is 3.37. The molecule has 0 radical (unpaired) electrons. The van der Waals surface area contributed by atoms with Gasteiger partial charge in [0.15, 0.2) is 0 Å². The Balaban J connectivity index is 2.01. The topological polar surface area (TPSA) is 75.3 Å². The number of amides is 1. The molecule has 0 heterocycles. The van der Waals surface area contributed by atoms with E-state index in [4.69, 9.17) is 0 Å². The Morgan fingerprint density at radius 1 is 1.29 bits per heavy atom. The van der Waals surface area contributed by atoms with Crippen molar-refractivity contribution in [1.29, 1.82) is 0 Å². The fourth-order valence-corrected chi connectivity index (χ4v) is 3.32. The molecule has 1 aromatic rings. The molecule has 6 heteroatoms. The zero-order valence-electron chi connectivity index (χ0n) is 12.3. The van der Waals surface area contributed by atoms with Crippen molar-refractivity contribution in [1.82, 2.24) is 10.0 Å². The zero-order valence-corrected chi connectivity index (χ0v) is 13.1. The molecule has 0 bridgehead atoms. The number of hydrogen-bond donors (Lipinski definition) is 2. The molecule has 0 spiro atoms. The monoisotopic (exact) mass is 310 g/mol. The van der Waals surface area contributed by atoms with Crippen LogP contribution in [0.4, 0.5) is 0 Å². The molecule has 0 unspecified atom stereocenters. The number of benzene rings is 1. The van der Waals surface area contributed by atoms with E-state index in [1.54, 1.807) is 12.1 Å². The van der Waals surface area contributed by atoms with Gasteiger partial charge in [-0.15, -0.1) is 0 Å². The van der Waals surface area contributed by atoms with Crippen LogP contribution in [0.3, 0.4) is 0 Å². The zero-order chi connectivity index (χ0) is 15.3. The van der Waals surface area contributed by atoms with Crippen LogP contribution in [0, 0.1) is 0 Å². The van der Waals surface area contributed by atoms with Crippen LogP contribution in [0.2, 0.25) is 0 Å². The molecule has 0 saturated heterocycles. The number of hydrogen-bond acceptors (Lipinski definition) is 3. The molecule has 1 aromatic carbocycles. The summed E-state index contributed by atoms with van der Waals surface area (Å²) in [5.41, 5.74) is 0.380. The van der Waals surface area contributed by atoms with E-state index in [1.807, 2.05) is 0 Å². The van der Waals surface area contributed by atoms with Gasteiger partial charge in [0.1, 0.15) is 0 Å². The summed E-state index contributed by atoms with van der Waals surface area (Å²) in [6, 6.07) is 6.23. The lowest BCUT2D eigenvalue weighted by atomic mass is 10.2. The Kier molecular flexibility index (Phi) is 5.36. The van der Waals surface area contributed by atoms with Gasteiger partial charge in [0.2, 0.25) is 10.0 Å². The highest BCUT2D eigenvalue weighted by molar-refractivity contribution is 7.89. The Hall–Kier alpha value is -1.40. The standard InChI is InChI=1S/C15H22N2O3S/c1-2-3-4-10-16-15(18)12-6-5-7-14(11-12)21(19,20)17-13-8-9-13/h5-7,11,13,17H,2-4,8-10H2,1H3,(H,16,18). The van der Waals surface area contributed by atoms with Crippen LogP contribution < -0.4 is 10.0 Å². The second kappa shape index (κ2) is 7.04. The number of carbonyl (C=O) groups is 1. The molecule has 1 aliphatic rings. The molecule has 116 valence electrons. The molecule has 0 aromatic heterocycles. The minimum Gasteiger partial charge on any atom is -0.352 e. The van der Waals surface area contributed by atoms with E-state index in [1.165, 1.54) is 12.1 Å². The number of rotatable bonds is 8. The van der Waals surface area contributed by atoms with E-state index in [-0.39, 0.29) is 16.8 Å². The van der Waals surface area contributed by atoms with Gasteiger partial charge in [-0.2, -0.15) is 0 Å². The molecular formula is C15H22N2O3S. The molecule has 1 fully saturated rings. The molecule has 1 aliphatic carbocycles. The highest BCUT2D eigenvalue weighted by Gasteiger charge is 2.28. The smallest absolute Gasteiger partial charge is 0.251 e. The fourth-order valence-electron chi connectivity index (χ4n) is 1.97. The van der Waals surface area contributed by atoms with Gasteiger partial charge in [-0.25, -0.2) is 13.1 Å². The van der Waals surface area contributed by atoms with Crippen molar-refractivity contribution in [2.24, 2.45) is 0 Å². The number of nitrogens with one attached hydrogen (secondary N) is 2. The van der Waals surface area contributed by atoms with E-state index < -0.39 is 10.0 Å². The molecule has 0 atom stereocenters. The molecular weight excluding hydrogens is 288 g/mol. The molecule has 1 saturated carbocycles. The Morgan fingerprint density at radius 3 is 2.71 bits per heavy atom. The summed E-state index contributed by atoms with van der Waals surface area (Å²) in [6.07, 6.45) is 4.87. The summed E-state index contributed by atoms with van der Waals surface area (Å²) < 4.78 is 26.8. The third-order valence-corrected chi connectivity index (χ3v) is 4.89. The molecule has 1 amide bonds. The van der Waals surface area contributed by atoms with Gasteiger partial charge in [-0.1, -0.05) is 25.8 Å². The van der Waals surface area contributed by atoms with E-state index in [9.17, 15) is 13.2 Å². The summed E-state index contributed by atoms with van der Waals surface area (Å²) in [7, 11) is -3.51.